The molecule has 1 aliphatic rings. The summed E-state index contributed by atoms with van der Waals surface area (Å²) in [5, 5.41) is 4.91. The molecule has 1 aliphatic heterocycles. The van der Waals surface area contributed by atoms with Gasteiger partial charge in [-0.25, -0.2) is 14.1 Å². The van der Waals surface area contributed by atoms with Gasteiger partial charge in [-0.3, -0.25) is 19.2 Å². The molecule has 0 spiro atoms. The van der Waals surface area contributed by atoms with Gasteiger partial charge in [-0.05, 0) is 67.1 Å². The molecule has 0 fully saturated rings. The fourth-order valence-electron chi connectivity index (χ4n) is 3.62. The standard InChI is InChI=1S/C26H20FN3O6/c1-14-3-10-22(21(27)11-14)29-23(32)13-36-26(35)16-4-9-19-20(12-16)25(34)30(24(19)33)18-7-5-17(6-8-18)28-15(2)31/h3-12H,13H2,1-2H3,(H,28,31)(H,29,32). The number of imide groups is 1. The Labute approximate surface area is 204 Å². The number of hydrogen-bond acceptors (Lipinski definition) is 6. The zero-order chi connectivity index (χ0) is 26.0. The zero-order valence-corrected chi connectivity index (χ0v) is 19.3. The number of amides is 4. The summed E-state index contributed by atoms with van der Waals surface area (Å²) in [7, 11) is 0. The third-order valence-electron chi connectivity index (χ3n) is 5.30. The van der Waals surface area contributed by atoms with E-state index in [1.807, 2.05) is 0 Å². The van der Waals surface area contributed by atoms with Crippen molar-refractivity contribution in [2.24, 2.45) is 0 Å². The van der Waals surface area contributed by atoms with Gasteiger partial charge >= 0.3 is 5.97 Å². The van der Waals surface area contributed by atoms with E-state index in [-0.39, 0.29) is 28.3 Å². The average molecular weight is 489 g/mol. The molecule has 9 nitrogen and oxygen atoms in total. The minimum atomic E-state index is -0.893. The van der Waals surface area contributed by atoms with Gasteiger partial charge in [-0.15, -0.1) is 0 Å². The molecular weight excluding hydrogens is 469 g/mol. The van der Waals surface area contributed by atoms with Gasteiger partial charge in [0.15, 0.2) is 6.61 Å². The second-order valence-electron chi connectivity index (χ2n) is 8.04. The molecule has 0 atom stereocenters. The molecule has 0 saturated carbocycles. The van der Waals surface area contributed by atoms with E-state index in [2.05, 4.69) is 10.6 Å². The molecule has 10 heteroatoms. The number of ether oxygens (including phenoxy) is 1. The Morgan fingerprint density at radius 1 is 0.889 bits per heavy atom. The highest BCUT2D eigenvalue weighted by atomic mass is 19.1. The highest BCUT2D eigenvalue weighted by molar-refractivity contribution is 6.34. The Bertz CT molecular complexity index is 1420. The van der Waals surface area contributed by atoms with Crippen LogP contribution in [0.4, 0.5) is 21.5 Å². The van der Waals surface area contributed by atoms with Crippen LogP contribution in [0.1, 0.15) is 43.6 Å². The lowest BCUT2D eigenvalue weighted by atomic mass is 10.1. The highest BCUT2D eigenvalue weighted by Gasteiger charge is 2.37. The number of carbonyl (C=O) groups is 5. The molecule has 0 radical (unpaired) electrons. The van der Waals surface area contributed by atoms with E-state index in [4.69, 9.17) is 4.74 Å². The van der Waals surface area contributed by atoms with Crippen molar-refractivity contribution < 1.29 is 33.1 Å². The SMILES string of the molecule is CC(=O)Nc1ccc(N2C(=O)c3ccc(C(=O)OCC(=O)Nc4ccc(C)cc4F)cc3C2=O)cc1. The molecular formula is C26H20FN3O6. The maximum Gasteiger partial charge on any atom is 0.338 e. The van der Waals surface area contributed by atoms with Crippen molar-refractivity contribution >= 4 is 46.7 Å². The predicted molar refractivity (Wildman–Crippen MR) is 128 cm³/mol. The summed E-state index contributed by atoms with van der Waals surface area (Å²) in [5.74, 6) is -3.72. The third kappa shape index (κ3) is 4.97. The van der Waals surface area contributed by atoms with Crippen LogP contribution in [0.25, 0.3) is 0 Å². The minimum absolute atomic E-state index is 0.00608. The van der Waals surface area contributed by atoms with Crippen LogP contribution in [0.5, 0.6) is 0 Å². The van der Waals surface area contributed by atoms with Crippen molar-refractivity contribution in [1.82, 2.24) is 0 Å². The minimum Gasteiger partial charge on any atom is -0.452 e. The number of fused-ring (bicyclic) bond motifs is 1. The topological polar surface area (TPSA) is 122 Å². The van der Waals surface area contributed by atoms with Crippen molar-refractivity contribution in [3.05, 3.63) is 88.7 Å². The molecule has 3 aromatic carbocycles. The fraction of sp³-hybridized carbons (Fsp3) is 0.115. The highest BCUT2D eigenvalue weighted by Crippen LogP contribution is 2.30. The van der Waals surface area contributed by atoms with Crippen molar-refractivity contribution in [3.8, 4) is 0 Å². The number of aryl methyl sites for hydroxylation is 1. The number of hydrogen-bond donors (Lipinski definition) is 2. The van der Waals surface area contributed by atoms with Crippen molar-refractivity contribution in [1.29, 1.82) is 0 Å². The predicted octanol–water partition coefficient (Wildman–Crippen LogP) is 3.69. The lowest BCUT2D eigenvalue weighted by molar-refractivity contribution is -0.119. The number of rotatable bonds is 6. The molecule has 3 aromatic rings. The molecule has 0 aromatic heterocycles. The van der Waals surface area contributed by atoms with Gasteiger partial charge in [0.25, 0.3) is 17.7 Å². The number of halogens is 1. The number of benzene rings is 3. The van der Waals surface area contributed by atoms with Crippen LogP contribution in [-0.4, -0.2) is 36.2 Å². The van der Waals surface area contributed by atoms with E-state index < -0.39 is 36.1 Å². The van der Waals surface area contributed by atoms with Gasteiger partial charge in [0.1, 0.15) is 5.82 Å². The van der Waals surface area contributed by atoms with E-state index in [9.17, 15) is 28.4 Å². The van der Waals surface area contributed by atoms with Gasteiger partial charge in [-0.2, -0.15) is 0 Å². The molecule has 0 aliphatic carbocycles. The molecule has 0 unspecified atom stereocenters. The first-order valence-corrected chi connectivity index (χ1v) is 10.8. The van der Waals surface area contributed by atoms with E-state index in [0.717, 1.165) is 4.90 Å². The fourth-order valence-corrected chi connectivity index (χ4v) is 3.62. The summed E-state index contributed by atoms with van der Waals surface area (Å²) in [5.41, 5.74) is 1.51. The lowest BCUT2D eigenvalue weighted by Gasteiger charge is -2.14. The maximum atomic E-state index is 13.9. The largest absolute Gasteiger partial charge is 0.452 e. The van der Waals surface area contributed by atoms with Crippen LogP contribution in [0, 0.1) is 12.7 Å². The van der Waals surface area contributed by atoms with E-state index in [1.165, 1.54) is 49.4 Å². The number of anilines is 3. The first kappa shape index (κ1) is 24.3. The number of nitrogens with one attached hydrogen (secondary N) is 2. The van der Waals surface area contributed by atoms with Crippen LogP contribution in [-0.2, 0) is 14.3 Å². The van der Waals surface area contributed by atoms with Gasteiger partial charge in [0, 0.05) is 12.6 Å². The Balaban J connectivity index is 1.43. The molecule has 1 heterocycles. The summed E-state index contributed by atoms with van der Waals surface area (Å²) < 4.78 is 18.9. The molecule has 2 N–H and O–H groups in total. The van der Waals surface area contributed by atoms with Gasteiger partial charge in [-0.1, -0.05) is 6.07 Å². The summed E-state index contributed by atoms with van der Waals surface area (Å²) in [6.45, 7) is 2.38. The number of carbonyl (C=O) groups excluding carboxylic acids is 5. The summed E-state index contributed by atoms with van der Waals surface area (Å²) >= 11 is 0. The quantitative estimate of drug-likeness (QED) is 0.402. The Morgan fingerprint density at radius 3 is 2.25 bits per heavy atom. The normalized spacial score (nSPS) is 12.2. The van der Waals surface area contributed by atoms with Gasteiger partial charge in [0.2, 0.25) is 5.91 Å². The molecule has 182 valence electrons. The molecule has 4 rings (SSSR count). The van der Waals surface area contributed by atoms with E-state index >= 15 is 0 Å². The molecule has 4 amide bonds. The van der Waals surface area contributed by atoms with Crippen molar-refractivity contribution in [3.63, 3.8) is 0 Å². The van der Waals surface area contributed by atoms with Crippen LogP contribution in [0.15, 0.2) is 60.7 Å². The Morgan fingerprint density at radius 2 is 1.58 bits per heavy atom. The second-order valence-corrected chi connectivity index (χ2v) is 8.04. The number of esters is 1. The van der Waals surface area contributed by atoms with Crippen molar-refractivity contribution in [2.45, 2.75) is 13.8 Å². The van der Waals surface area contributed by atoms with Crippen LogP contribution in [0.2, 0.25) is 0 Å². The molecule has 36 heavy (non-hydrogen) atoms. The van der Waals surface area contributed by atoms with Crippen LogP contribution in [0.3, 0.4) is 0 Å². The summed E-state index contributed by atoms with van der Waals surface area (Å²) in [4.78, 5) is 62.4. The Kier molecular flexibility index (Phi) is 6.60. The summed E-state index contributed by atoms with van der Waals surface area (Å²) in [6.07, 6.45) is 0. The Hall–Kier alpha value is -4.86. The average Bonchev–Trinajstić information content (AvgIpc) is 3.09. The second kappa shape index (κ2) is 9.79. The molecule has 0 bridgehead atoms. The summed E-state index contributed by atoms with van der Waals surface area (Å²) in [6, 6.07) is 14.3. The number of nitrogens with zero attached hydrogens (tertiary/aromatic N) is 1. The first-order valence-electron chi connectivity index (χ1n) is 10.8. The van der Waals surface area contributed by atoms with Crippen LogP contribution < -0.4 is 15.5 Å². The van der Waals surface area contributed by atoms with Crippen LogP contribution >= 0.6 is 0 Å². The lowest BCUT2D eigenvalue weighted by Crippen LogP contribution is -2.29. The maximum absolute atomic E-state index is 13.9. The van der Waals surface area contributed by atoms with E-state index in [0.29, 0.717) is 16.9 Å². The van der Waals surface area contributed by atoms with Gasteiger partial charge in [0.05, 0.1) is 28.1 Å². The molecule has 0 saturated heterocycles. The first-order chi connectivity index (χ1) is 17.1. The van der Waals surface area contributed by atoms with Gasteiger partial charge < -0.3 is 15.4 Å². The zero-order valence-electron chi connectivity index (χ0n) is 19.3. The van der Waals surface area contributed by atoms with Crippen molar-refractivity contribution in [2.75, 3.05) is 22.1 Å². The smallest absolute Gasteiger partial charge is 0.338 e. The monoisotopic (exact) mass is 489 g/mol. The third-order valence-corrected chi connectivity index (χ3v) is 5.30. The van der Waals surface area contributed by atoms with E-state index in [1.54, 1.807) is 25.1 Å².